The summed E-state index contributed by atoms with van der Waals surface area (Å²) >= 11 is 3.32. The fraction of sp³-hybridized carbons (Fsp3) is 0.357. The van der Waals surface area contributed by atoms with E-state index in [2.05, 4.69) is 33.3 Å². The van der Waals surface area contributed by atoms with Gasteiger partial charge in [-0.3, -0.25) is 4.68 Å². The van der Waals surface area contributed by atoms with Gasteiger partial charge in [0.1, 0.15) is 5.82 Å². The molecule has 0 saturated heterocycles. The van der Waals surface area contributed by atoms with Gasteiger partial charge < -0.3 is 5.32 Å². The molecule has 2 aromatic rings. The van der Waals surface area contributed by atoms with E-state index in [1.807, 2.05) is 23.9 Å². The van der Waals surface area contributed by atoms with Crippen LogP contribution in [0.3, 0.4) is 0 Å². The molecule has 0 aliphatic heterocycles. The molecule has 0 fully saturated rings. The van der Waals surface area contributed by atoms with E-state index in [-0.39, 0.29) is 11.9 Å². The first kappa shape index (κ1) is 14.2. The Kier molecular flexibility index (Phi) is 4.71. The predicted molar refractivity (Wildman–Crippen MR) is 77.4 cm³/mol. The van der Waals surface area contributed by atoms with Gasteiger partial charge in [-0.1, -0.05) is 19.1 Å². The molecular weight excluding hydrogens is 309 g/mol. The van der Waals surface area contributed by atoms with Gasteiger partial charge >= 0.3 is 0 Å². The highest BCUT2D eigenvalue weighted by Crippen LogP contribution is 2.25. The van der Waals surface area contributed by atoms with E-state index in [9.17, 15) is 4.39 Å². The van der Waals surface area contributed by atoms with E-state index in [4.69, 9.17) is 0 Å². The highest BCUT2D eigenvalue weighted by molar-refractivity contribution is 9.10. The molecule has 2 rings (SSSR count). The standard InChI is InChI=1S/C14H17BrFN3/c1-3-17-12(13-7-8-18-19(13)2)9-10-5-4-6-11(16)14(10)15/h4-8,12,17H,3,9H2,1-2H3. The fourth-order valence-electron chi connectivity index (χ4n) is 2.18. The van der Waals surface area contributed by atoms with Crippen molar-refractivity contribution in [1.29, 1.82) is 0 Å². The number of nitrogens with zero attached hydrogens (tertiary/aromatic N) is 2. The lowest BCUT2D eigenvalue weighted by Gasteiger charge is -2.19. The lowest BCUT2D eigenvalue weighted by molar-refractivity contribution is 0.505. The van der Waals surface area contributed by atoms with Gasteiger partial charge in [-0.15, -0.1) is 0 Å². The summed E-state index contributed by atoms with van der Waals surface area (Å²) in [6.45, 7) is 2.91. The Morgan fingerprint density at radius 2 is 2.21 bits per heavy atom. The maximum atomic E-state index is 13.6. The number of nitrogens with one attached hydrogen (secondary N) is 1. The topological polar surface area (TPSA) is 29.9 Å². The van der Waals surface area contributed by atoms with E-state index in [1.54, 1.807) is 12.3 Å². The maximum Gasteiger partial charge on any atom is 0.137 e. The second-order valence-electron chi connectivity index (χ2n) is 4.41. The Balaban J connectivity index is 2.27. The molecule has 0 radical (unpaired) electrons. The minimum Gasteiger partial charge on any atom is -0.309 e. The average Bonchev–Trinajstić information content (AvgIpc) is 2.80. The molecule has 1 N–H and O–H groups in total. The molecule has 1 unspecified atom stereocenters. The van der Waals surface area contributed by atoms with Gasteiger partial charge in [0.15, 0.2) is 0 Å². The van der Waals surface area contributed by atoms with Crippen molar-refractivity contribution >= 4 is 15.9 Å². The van der Waals surface area contributed by atoms with Crippen LogP contribution in [0.2, 0.25) is 0 Å². The van der Waals surface area contributed by atoms with Gasteiger partial charge in [0.2, 0.25) is 0 Å². The van der Waals surface area contributed by atoms with Crippen LogP contribution in [0.25, 0.3) is 0 Å². The van der Waals surface area contributed by atoms with Crippen molar-refractivity contribution in [3.63, 3.8) is 0 Å². The summed E-state index contributed by atoms with van der Waals surface area (Å²) in [5.41, 5.74) is 2.05. The van der Waals surface area contributed by atoms with Crippen molar-refractivity contribution in [2.24, 2.45) is 7.05 Å². The fourth-order valence-corrected chi connectivity index (χ4v) is 2.61. The summed E-state index contributed by atoms with van der Waals surface area (Å²) in [5.74, 6) is -0.224. The second kappa shape index (κ2) is 6.30. The van der Waals surface area contributed by atoms with Crippen molar-refractivity contribution in [2.75, 3.05) is 6.54 Å². The number of hydrogen-bond acceptors (Lipinski definition) is 2. The van der Waals surface area contributed by atoms with E-state index >= 15 is 0 Å². The number of benzene rings is 1. The minimum absolute atomic E-state index is 0.121. The molecule has 0 amide bonds. The van der Waals surface area contributed by atoms with Crippen molar-refractivity contribution in [3.05, 3.63) is 52.0 Å². The maximum absolute atomic E-state index is 13.6. The van der Waals surface area contributed by atoms with Crippen LogP contribution < -0.4 is 5.32 Å². The van der Waals surface area contributed by atoms with Crippen LogP contribution in [0.15, 0.2) is 34.9 Å². The summed E-state index contributed by atoms with van der Waals surface area (Å²) in [6.07, 6.45) is 2.49. The molecular formula is C14H17BrFN3. The zero-order valence-electron chi connectivity index (χ0n) is 11.0. The Bertz CT molecular complexity index is 553. The minimum atomic E-state index is -0.224. The summed E-state index contributed by atoms with van der Waals surface area (Å²) in [4.78, 5) is 0. The van der Waals surface area contributed by atoms with Crippen LogP contribution in [0.4, 0.5) is 4.39 Å². The highest BCUT2D eigenvalue weighted by atomic mass is 79.9. The third-order valence-corrected chi connectivity index (χ3v) is 4.01. The molecule has 0 aliphatic rings. The zero-order chi connectivity index (χ0) is 13.8. The molecule has 1 heterocycles. The van der Waals surface area contributed by atoms with Crippen LogP contribution >= 0.6 is 15.9 Å². The van der Waals surface area contributed by atoms with E-state index in [1.165, 1.54) is 6.07 Å². The van der Waals surface area contributed by atoms with Gasteiger partial charge in [-0.2, -0.15) is 5.10 Å². The van der Waals surface area contributed by atoms with Gasteiger partial charge in [0, 0.05) is 13.2 Å². The number of rotatable bonds is 5. The molecule has 0 aliphatic carbocycles. The van der Waals surface area contributed by atoms with Gasteiger partial charge in [0.05, 0.1) is 16.2 Å². The average molecular weight is 326 g/mol. The Hall–Kier alpha value is -1.20. The second-order valence-corrected chi connectivity index (χ2v) is 5.20. The first-order valence-electron chi connectivity index (χ1n) is 6.27. The van der Waals surface area contributed by atoms with Crippen LogP contribution in [0.1, 0.15) is 24.2 Å². The first-order valence-corrected chi connectivity index (χ1v) is 7.07. The van der Waals surface area contributed by atoms with Crippen molar-refractivity contribution < 1.29 is 4.39 Å². The largest absolute Gasteiger partial charge is 0.309 e. The smallest absolute Gasteiger partial charge is 0.137 e. The zero-order valence-corrected chi connectivity index (χ0v) is 12.6. The van der Waals surface area contributed by atoms with Crippen molar-refractivity contribution in [1.82, 2.24) is 15.1 Å². The Morgan fingerprint density at radius 1 is 1.42 bits per heavy atom. The van der Waals surface area contributed by atoms with Crippen molar-refractivity contribution in [3.8, 4) is 0 Å². The van der Waals surface area contributed by atoms with Gasteiger partial charge in [-0.05, 0) is 46.6 Å². The van der Waals surface area contributed by atoms with E-state index < -0.39 is 0 Å². The van der Waals surface area contributed by atoms with Crippen LogP contribution in [0.5, 0.6) is 0 Å². The van der Waals surface area contributed by atoms with Crippen LogP contribution in [-0.2, 0) is 13.5 Å². The molecule has 1 aromatic carbocycles. The molecule has 102 valence electrons. The number of likely N-dealkylation sites (N-methyl/N-ethyl adjacent to an activating group) is 1. The number of aromatic nitrogens is 2. The normalized spacial score (nSPS) is 12.6. The third-order valence-electron chi connectivity index (χ3n) is 3.12. The SMILES string of the molecule is CCNC(Cc1cccc(F)c1Br)c1ccnn1C. The monoisotopic (exact) mass is 325 g/mol. The Labute approximate surface area is 121 Å². The van der Waals surface area contributed by atoms with Gasteiger partial charge in [-0.25, -0.2) is 4.39 Å². The quantitative estimate of drug-likeness (QED) is 0.914. The van der Waals surface area contributed by atoms with E-state index in [0.29, 0.717) is 10.9 Å². The number of hydrogen-bond donors (Lipinski definition) is 1. The third kappa shape index (κ3) is 3.22. The highest BCUT2D eigenvalue weighted by Gasteiger charge is 2.16. The predicted octanol–water partition coefficient (Wildman–Crippen LogP) is 3.22. The lowest BCUT2D eigenvalue weighted by Crippen LogP contribution is -2.25. The van der Waals surface area contributed by atoms with Gasteiger partial charge in [0.25, 0.3) is 0 Å². The molecule has 1 aromatic heterocycles. The number of halogens is 2. The molecule has 0 spiro atoms. The molecule has 5 heteroatoms. The first-order chi connectivity index (χ1) is 9.13. The molecule has 1 atom stereocenters. The molecule has 0 bridgehead atoms. The summed E-state index contributed by atoms with van der Waals surface area (Å²) < 4.78 is 15.9. The molecule has 0 saturated carbocycles. The summed E-state index contributed by atoms with van der Waals surface area (Å²) in [6, 6.07) is 7.24. The van der Waals surface area contributed by atoms with Crippen LogP contribution in [0, 0.1) is 5.82 Å². The molecule has 19 heavy (non-hydrogen) atoms. The summed E-state index contributed by atoms with van der Waals surface area (Å²) in [5, 5.41) is 7.61. The van der Waals surface area contributed by atoms with Crippen molar-refractivity contribution in [2.45, 2.75) is 19.4 Å². The van der Waals surface area contributed by atoms with E-state index in [0.717, 1.165) is 17.8 Å². The van der Waals surface area contributed by atoms with Crippen LogP contribution in [-0.4, -0.2) is 16.3 Å². The Morgan fingerprint density at radius 3 is 2.84 bits per heavy atom. The summed E-state index contributed by atoms with van der Waals surface area (Å²) in [7, 11) is 1.92. The lowest BCUT2D eigenvalue weighted by atomic mass is 10.0. The number of aryl methyl sites for hydroxylation is 1. The molecule has 3 nitrogen and oxygen atoms in total.